The van der Waals surface area contributed by atoms with Crippen LogP contribution in [0.5, 0.6) is 11.5 Å². The van der Waals surface area contributed by atoms with Crippen molar-refractivity contribution in [1.29, 1.82) is 0 Å². The maximum atomic E-state index is 14.7. The molecule has 1 N–H and O–H groups in total. The van der Waals surface area contributed by atoms with Gasteiger partial charge >= 0.3 is 0 Å². The number of nitrogens with zero attached hydrogens (tertiary/aromatic N) is 3. The summed E-state index contributed by atoms with van der Waals surface area (Å²) in [6.45, 7) is 2.13. The monoisotopic (exact) mass is 522 g/mol. The fourth-order valence-electron chi connectivity index (χ4n) is 4.85. The number of hydrogen-bond acceptors (Lipinski definition) is 7. The van der Waals surface area contributed by atoms with Gasteiger partial charge in [-0.2, -0.15) is 5.10 Å². The van der Waals surface area contributed by atoms with Crippen LogP contribution in [0.1, 0.15) is 34.1 Å². The Labute approximate surface area is 212 Å². The lowest BCUT2D eigenvalue weighted by Crippen LogP contribution is -2.23. The van der Waals surface area contributed by atoms with Gasteiger partial charge in [-0.15, -0.1) is 0 Å². The van der Waals surface area contributed by atoms with Crippen molar-refractivity contribution in [2.24, 2.45) is 0 Å². The molecular weight excluding hydrogens is 499 g/mol. The van der Waals surface area contributed by atoms with E-state index in [1.54, 1.807) is 48.0 Å². The van der Waals surface area contributed by atoms with Crippen LogP contribution in [0.25, 0.3) is 22.3 Å². The average molecular weight is 523 g/mol. The zero-order valence-corrected chi connectivity index (χ0v) is 20.7. The summed E-state index contributed by atoms with van der Waals surface area (Å²) in [5.41, 5.74) is 2.50. The summed E-state index contributed by atoms with van der Waals surface area (Å²) in [6.07, 6.45) is 0.399. The summed E-state index contributed by atoms with van der Waals surface area (Å²) in [5, 5.41) is 8.01. The van der Waals surface area contributed by atoms with Crippen LogP contribution in [-0.2, 0) is 16.4 Å². The molecule has 6 rings (SSSR count). The molecule has 2 aliphatic rings. The third-order valence-corrected chi connectivity index (χ3v) is 8.43. The number of rotatable bonds is 5. The van der Waals surface area contributed by atoms with Gasteiger partial charge in [-0.3, -0.25) is 4.79 Å². The van der Waals surface area contributed by atoms with Crippen LogP contribution < -0.4 is 14.8 Å². The van der Waals surface area contributed by atoms with E-state index in [1.165, 1.54) is 6.07 Å². The number of carbonyl (C=O) groups excluding carboxylic acids is 1. The molecule has 0 saturated carbocycles. The zero-order valence-electron chi connectivity index (χ0n) is 19.9. The molecule has 0 spiro atoms. The van der Waals surface area contributed by atoms with E-state index in [0.29, 0.717) is 34.6 Å². The first-order valence-corrected chi connectivity index (χ1v) is 13.6. The molecule has 1 atom stereocenters. The van der Waals surface area contributed by atoms with Crippen LogP contribution in [0.4, 0.5) is 4.39 Å². The van der Waals surface area contributed by atoms with Crippen molar-refractivity contribution >= 4 is 26.8 Å². The third kappa shape index (κ3) is 4.29. The SMILES string of the molecule is Cc1nn(C2CCS(=O)(=O)C2)c2nc(-c3ccccc3F)cc(C(=O)NCc3ccc4c(c3)OCO4)c12. The van der Waals surface area contributed by atoms with E-state index in [-0.39, 0.29) is 47.6 Å². The lowest BCUT2D eigenvalue weighted by molar-refractivity contribution is 0.0952. The molecule has 2 aromatic carbocycles. The molecule has 9 nitrogen and oxygen atoms in total. The van der Waals surface area contributed by atoms with E-state index >= 15 is 0 Å². The number of hydrogen-bond donors (Lipinski definition) is 1. The topological polar surface area (TPSA) is 112 Å². The fourth-order valence-corrected chi connectivity index (χ4v) is 6.54. The van der Waals surface area contributed by atoms with Crippen molar-refractivity contribution < 1.29 is 27.1 Å². The number of benzene rings is 2. The number of fused-ring (bicyclic) bond motifs is 2. The predicted molar refractivity (Wildman–Crippen MR) is 134 cm³/mol. The van der Waals surface area contributed by atoms with E-state index in [9.17, 15) is 17.6 Å². The van der Waals surface area contributed by atoms with Crippen molar-refractivity contribution in [3.63, 3.8) is 0 Å². The van der Waals surface area contributed by atoms with Crippen LogP contribution in [0.15, 0.2) is 48.5 Å². The summed E-state index contributed by atoms with van der Waals surface area (Å²) in [6, 6.07) is 12.8. The summed E-state index contributed by atoms with van der Waals surface area (Å²) in [5.74, 6) is 0.409. The molecule has 37 heavy (non-hydrogen) atoms. The Kier molecular flexibility index (Phi) is 5.59. The third-order valence-electron chi connectivity index (χ3n) is 6.68. The summed E-state index contributed by atoms with van der Waals surface area (Å²) in [7, 11) is -3.19. The molecule has 190 valence electrons. The van der Waals surface area contributed by atoms with E-state index in [1.807, 2.05) is 6.07 Å². The highest BCUT2D eigenvalue weighted by Crippen LogP contribution is 2.34. The Morgan fingerprint density at radius 2 is 1.97 bits per heavy atom. The fraction of sp³-hybridized carbons (Fsp3) is 0.269. The minimum Gasteiger partial charge on any atom is -0.454 e. The number of aryl methyl sites for hydroxylation is 1. The van der Waals surface area contributed by atoms with Gasteiger partial charge in [0.15, 0.2) is 27.0 Å². The van der Waals surface area contributed by atoms with Gasteiger partial charge in [0, 0.05) is 12.1 Å². The van der Waals surface area contributed by atoms with Gasteiger partial charge in [-0.05, 0) is 49.2 Å². The molecule has 0 bridgehead atoms. The van der Waals surface area contributed by atoms with Gasteiger partial charge in [0.05, 0.1) is 39.9 Å². The standard InChI is InChI=1S/C26H23FN4O5S/c1-15-24-19(26(32)28-12-16-6-7-22-23(10-16)36-14-35-22)11-21(18-4-2-3-5-20(18)27)29-25(24)31(30-15)17-8-9-37(33,34)13-17/h2-7,10-11,17H,8-9,12-14H2,1H3,(H,28,32). The number of halogens is 1. The van der Waals surface area contributed by atoms with E-state index < -0.39 is 21.7 Å². The molecule has 2 aliphatic heterocycles. The molecule has 11 heteroatoms. The number of nitrogens with one attached hydrogen (secondary N) is 1. The van der Waals surface area contributed by atoms with Crippen LogP contribution >= 0.6 is 0 Å². The first kappa shape index (κ1) is 23.4. The predicted octanol–water partition coefficient (Wildman–Crippen LogP) is 3.56. The van der Waals surface area contributed by atoms with Gasteiger partial charge in [0.2, 0.25) is 6.79 Å². The molecule has 2 aromatic heterocycles. The second-order valence-electron chi connectivity index (χ2n) is 9.19. The number of aromatic nitrogens is 3. The maximum absolute atomic E-state index is 14.7. The van der Waals surface area contributed by atoms with Gasteiger partial charge in [0.1, 0.15) is 5.82 Å². The number of ether oxygens (including phenoxy) is 2. The van der Waals surface area contributed by atoms with Crippen LogP contribution in [0.2, 0.25) is 0 Å². The molecule has 0 radical (unpaired) electrons. The highest BCUT2D eigenvalue weighted by Gasteiger charge is 2.32. The Hall–Kier alpha value is -3.99. The van der Waals surface area contributed by atoms with Gasteiger partial charge in [-0.1, -0.05) is 18.2 Å². The van der Waals surface area contributed by atoms with Crippen molar-refractivity contribution in [2.75, 3.05) is 18.3 Å². The first-order valence-electron chi connectivity index (χ1n) is 11.8. The largest absolute Gasteiger partial charge is 0.454 e. The average Bonchev–Trinajstić information content (AvgIpc) is 3.58. The lowest BCUT2D eigenvalue weighted by atomic mass is 10.0. The molecule has 1 amide bonds. The highest BCUT2D eigenvalue weighted by molar-refractivity contribution is 7.91. The first-order chi connectivity index (χ1) is 17.8. The molecular formula is C26H23FN4O5S. The summed E-state index contributed by atoms with van der Waals surface area (Å²) >= 11 is 0. The number of amides is 1. The van der Waals surface area contributed by atoms with E-state index in [0.717, 1.165) is 5.56 Å². The number of pyridine rings is 1. The van der Waals surface area contributed by atoms with Crippen molar-refractivity contribution in [2.45, 2.75) is 25.9 Å². The zero-order chi connectivity index (χ0) is 25.7. The van der Waals surface area contributed by atoms with Gasteiger partial charge in [0.25, 0.3) is 5.91 Å². The molecule has 0 aliphatic carbocycles. The van der Waals surface area contributed by atoms with Crippen LogP contribution in [0.3, 0.4) is 0 Å². The minimum absolute atomic E-state index is 0.0551. The van der Waals surface area contributed by atoms with Crippen molar-refractivity contribution in [1.82, 2.24) is 20.1 Å². The lowest BCUT2D eigenvalue weighted by Gasteiger charge is -2.13. The van der Waals surface area contributed by atoms with Crippen molar-refractivity contribution in [3.05, 3.63) is 71.2 Å². The summed E-state index contributed by atoms with van der Waals surface area (Å²) < 4.78 is 51.4. The highest BCUT2D eigenvalue weighted by atomic mass is 32.2. The molecule has 4 heterocycles. The van der Waals surface area contributed by atoms with Gasteiger partial charge < -0.3 is 14.8 Å². The Morgan fingerprint density at radius 3 is 2.76 bits per heavy atom. The van der Waals surface area contributed by atoms with E-state index in [2.05, 4.69) is 15.4 Å². The Balaban J connectivity index is 1.42. The van der Waals surface area contributed by atoms with Gasteiger partial charge in [-0.25, -0.2) is 22.5 Å². The van der Waals surface area contributed by atoms with Crippen molar-refractivity contribution in [3.8, 4) is 22.8 Å². The maximum Gasteiger partial charge on any atom is 0.252 e. The molecule has 1 unspecified atom stereocenters. The normalized spacial score (nSPS) is 17.8. The number of carbonyl (C=O) groups is 1. The van der Waals surface area contributed by atoms with E-state index in [4.69, 9.17) is 9.47 Å². The Bertz CT molecular complexity index is 1670. The van der Waals surface area contributed by atoms with Crippen LogP contribution in [0, 0.1) is 12.7 Å². The van der Waals surface area contributed by atoms with Crippen LogP contribution in [-0.4, -0.2) is 47.4 Å². The Morgan fingerprint density at radius 1 is 1.16 bits per heavy atom. The quantitative estimate of drug-likeness (QED) is 0.426. The number of sulfone groups is 1. The molecule has 1 saturated heterocycles. The summed E-state index contributed by atoms with van der Waals surface area (Å²) in [4.78, 5) is 18.2. The molecule has 1 fully saturated rings. The second-order valence-corrected chi connectivity index (χ2v) is 11.4. The minimum atomic E-state index is -3.19. The molecule has 4 aromatic rings. The smallest absolute Gasteiger partial charge is 0.252 e. The second kappa shape index (κ2) is 8.84.